The van der Waals surface area contributed by atoms with E-state index in [1.54, 1.807) is 6.21 Å². The molecule has 2 amide bonds. The number of hydrazone groups is 1. The molecule has 5 heteroatoms. The molecule has 0 saturated heterocycles. The topological polar surface area (TPSA) is 80.6 Å². The second-order valence-electron chi connectivity index (χ2n) is 4.94. The number of aryl methyl sites for hydroxylation is 2. The highest BCUT2D eigenvalue weighted by Crippen LogP contribution is 2.34. The molecule has 0 unspecified atom stereocenters. The maximum absolute atomic E-state index is 10.7. The van der Waals surface area contributed by atoms with Crippen molar-refractivity contribution >= 4 is 34.2 Å². The summed E-state index contributed by atoms with van der Waals surface area (Å²) in [6.45, 7) is 4.00. The Kier molecular flexibility index (Phi) is 3.10. The van der Waals surface area contributed by atoms with Crippen molar-refractivity contribution in [1.29, 1.82) is 0 Å². The quantitative estimate of drug-likeness (QED) is 0.558. The van der Waals surface area contributed by atoms with Crippen molar-refractivity contribution < 1.29 is 9.21 Å². The summed E-state index contributed by atoms with van der Waals surface area (Å²) in [4.78, 5) is 10.7. The number of fused-ring (bicyclic) bond motifs is 3. The molecule has 0 saturated carbocycles. The number of para-hydroxylation sites is 1. The first-order chi connectivity index (χ1) is 10.1. The molecule has 3 aromatic rings. The first kappa shape index (κ1) is 13.2. The summed E-state index contributed by atoms with van der Waals surface area (Å²) >= 11 is 0. The van der Waals surface area contributed by atoms with Gasteiger partial charge >= 0.3 is 6.03 Å². The maximum atomic E-state index is 10.7. The van der Waals surface area contributed by atoms with Gasteiger partial charge in [0.1, 0.15) is 11.2 Å². The standard InChI is InChI=1S/C16H15N3O2/c1-9-7-11(8-18-19-16(17)20)10(2)14-12-5-3-4-6-13(12)21-15(9)14/h3-8H,1-2H3,(H3,17,19,20)/b18-8+. The minimum absolute atomic E-state index is 0.685. The third kappa shape index (κ3) is 2.23. The lowest BCUT2D eigenvalue weighted by atomic mass is 9.99. The SMILES string of the molecule is Cc1cc(/C=N/NC(N)=O)c(C)c2c1oc1ccccc12. The highest BCUT2D eigenvalue weighted by atomic mass is 16.3. The van der Waals surface area contributed by atoms with E-state index < -0.39 is 6.03 Å². The van der Waals surface area contributed by atoms with Gasteiger partial charge in [-0.05, 0) is 42.7 Å². The number of carbonyl (C=O) groups excluding carboxylic acids is 1. The van der Waals surface area contributed by atoms with Gasteiger partial charge in [-0.1, -0.05) is 18.2 Å². The van der Waals surface area contributed by atoms with Crippen LogP contribution in [-0.4, -0.2) is 12.2 Å². The summed E-state index contributed by atoms with van der Waals surface area (Å²) in [6.07, 6.45) is 1.59. The summed E-state index contributed by atoms with van der Waals surface area (Å²) in [5.74, 6) is 0. The summed E-state index contributed by atoms with van der Waals surface area (Å²) in [5, 5.41) is 5.98. The van der Waals surface area contributed by atoms with Crippen molar-refractivity contribution in [2.45, 2.75) is 13.8 Å². The predicted octanol–water partition coefficient (Wildman–Crippen LogP) is 3.21. The third-order valence-corrected chi connectivity index (χ3v) is 3.51. The van der Waals surface area contributed by atoms with Gasteiger partial charge in [-0.15, -0.1) is 0 Å². The van der Waals surface area contributed by atoms with Gasteiger partial charge < -0.3 is 10.2 Å². The molecule has 0 fully saturated rings. The molecule has 0 radical (unpaired) electrons. The number of carbonyl (C=O) groups is 1. The van der Waals surface area contributed by atoms with E-state index >= 15 is 0 Å². The lowest BCUT2D eigenvalue weighted by Crippen LogP contribution is -2.24. The summed E-state index contributed by atoms with van der Waals surface area (Å²) in [5.41, 5.74) is 11.9. The number of furan rings is 1. The van der Waals surface area contributed by atoms with Crippen molar-refractivity contribution in [3.63, 3.8) is 0 Å². The fourth-order valence-corrected chi connectivity index (χ4v) is 2.55. The zero-order chi connectivity index (χ0) is 15.0. The van der Waals surface area contributed by atoms with E-state index in [1.807, 2.05) is 44.2 Å². The van der Waals surface area contributed by atoms with Crippen LogP contribution in [0.5, 0.6) is 0 Å². The molecule has 2 aromatic carbocycles. The average molecular weight is 281 g/mol. The fraction of sp³-hybridized carbons (Fsp3) is 0.125. The van der Waals surface area contributed by atoms with E-state index in [1.165, 1.54) is 0 Å². The second-order valence-corrected chi connectivity index (χ2v) is 4.94. The molecule has 0 aliphatic heterocycles. The van der Waals surface area contributed by atoms with Gasteiger partial charge in [0.05, 0.1) is 6.21 Å². The van der Waals surface area contributed by atoms with E-state index in [0.29, 0.717) is 0 Å². The van der Waals surface area contributed by atoms with E-state index in [4.69, 9.17) is 10.2 Å². The third-order valence-electron chi connectivity index (χ3n) is 3.51. The van der Waals surface area contributed by atoms with E-state index in [-0.39, 0.29) is 0 Å². The van der Waals surface area contributed by atoms with Crippen molar-refractivity contribution in [2.75, 3.05) is 0 Å². The Labute approximate surface area is 121 Å². The molecule has 0 aliphatic carbocycles. The van der Waals surface area contributed by atoms with E-state index in [2.05, 4.69) is 10.5 Å². The lowest BCUT2D eigenvalue weighted by Gasteiger charge is -2.04. The largest absolute Gasteiger partial charge is 0.456 e. The number of nitrogens with one attached hydrogen (secondary N) is 1. The Morgan fingerprint density at radius 3 is 2.86 bits per heavy atom. The number of hydrogen-bond acceptors (Lipinski definition) is 3. The molecule has 0 bridgehead atoms. The molecular formula is C16H15N3O2. The van der Waals surface area contributed by atoms with Crippen molar-refractivity contribution in [3.05, 3.63) is 47.0 Å². The predicted molar refractivity (Wildman–Crippen MR) is 83.5 cm³/mol. The molecule has 0 spiro atoms. The highest BCUT2D eigenvalue weighted by Gasteiger charge is 2.13. The van der Waals surface area contributed by atoms with Crippen LogP contribution < -0.4 is 11.2 Å². The normalized spacial score (nSPS) is 11.5. The number of rotatable bonds is 2. The van der Waals surface area contributed by atoms with Crippen LogP contribution >= 0.6 is 0 Å². The van der Waals surface area contributed by atoms with Crippen molar-refractivity contribution in [1.82, 2.24) is 5.43 Å². The maximum Gasteiger partial charge on any atom is 0.332 e. The number of hydrogen-bond donors (Lipinski definition) is 2. The number of nitrogens with two attached hydrogens (primary N) is 1. The Bertz CT molecular complexity index is 878. The molecule has 21 heavy (non-hydrogen) atoms. The number of benzene rings is 2. The summed E-state index contributed by atoms with van der Waals surface area (Å²) in [7, 11) is 0. The van der Waals surface area contributed by atoms with Crippen LogP contribution in [-0.2, 0) is 0 Å². The van der Waals surface area contributed by atoms with Gasteiger partial charge in [-0.25, -0.2) is 10.2 Å². The van der Waals surface area contributed by atoms with Crippen LogP contribution in [0.15, 0.2) is 39.9 Å². The Morgan fingerprint density at radius 1 is 1.33 bits per heavy atom. The average Bonchev–Trinajstić information content (AvgIpc) is 2.84. The Hall–Kier alpha value is -2.82. The molecule has 1 heterocycles. The molecule has 3 rings (SSSR count). The van der Waals surface area contributed by atoms with Crippen LogP contribution in [0, 0.1) is 13.8 Å². The Balaban J connectivity index is 2.24. The van der Waals surface area contributed by atoms with Gasteiger partial charge in [0, 0.05) is 10.8 Å². The fourth-order valence-electron chi connectivity index (χ4n) is 2.55. The smallest absolute Gasteiger partial charge is 0.332 e. The molecule has 1 aromatic heterocycles. The van der Waals surface area contributed by atoms with Crippen LogP contribution in [0.3, 0.4) is 0 Å². The van der Waals surface area contributed by atoms with Gasteiger partial charge in [0.15, 0.2) is 0 Å². The highest BCUT2D eigenvalue weighted by molar-refractivity contribution is 6.10. The van der Waals surface area contributed by atoms with E-state index in [9.17, 15) is 4.79 Å². The summed E-state index contributed by atoms with van der Waals surface area (Å²) in [6, 6.07) is 9.23. The lowest BCUT2D eigenvalue weighted by molar-refractivity contribution is 0.249. The zero-order valence-corrected chi connectivity index (χ0v) is 11.8. The van der Waals surface area contributed by atoms with Gasteiger partial charge in [0.2, 0.25) is 0 Å². The van der Waals surface area contributed by atoms with Crippen LogP contribution in [0.2, 0.25) is 0 Å². The monoisotopic (exact) mass is 281 g/mol. The van der Waals surface area contributed by atoms with Crippen molar-refractivity contribution in [3.8, 4) is 0 Å². The van der Waals surface area contributed by atoms with Gasteiger partial charge in [-0.3, -0.25) is 0 Å². The Morgan fingerprint density at radius 2 is 2.10 bits per heavy atom. The molecular weight excluding hydrogens is 266 g/mol. The number of urea groups is 1. The van der Waals surface area contributed by atoms with Crippen LogP contribution in [0.1, 0.15) is 16.7 Å². The van der Waals surface area contributed by atoms with Gasteiger partial charge in [0.25, 0.3) is 0 Å². The minimum Gasteiger partial charge on any atom is -0.456 e. The molecule has 106 valence electrons. The minimum atomic E-state index is -0.685. The van der Waals surface area contributed by atoms with Crippen LogP contribution in [0.25, 0.3) is 21.9 Å². The number of primary amides is 1. The van der Waals surface area contributed by atoms with Crippen molar-refractivity contribution in [2.24, 2.45) is 10.8 Å². The second kappa shape index (κ2) is 4.94. The van der Waals surface area contributed by atoms with E-state index in [0.717, 1.165) is 38.6 Å². The first-order valence-electron chi connectivity index (χ1n) is 6.58. The molecule has 3 N–H and O–H groups in total. The molecule has 0 atom stereocenters. The first-order valence-corrected chi connectivity index (χ1v) is 6.58. The van der Waals surface area contributed by atoms with Crippen LogP contribution in [0.4, 0.5) is 4.79 Å². The van der Waals surface area contributed by atoms with Gasteiger partial charge in [-0.2, -0.15) is 5.10 Å². The number of amides is 2. The number of nitrogens with zero attached hydrogens (tertiary/aromatic N) is 1. The summed E-state index contributed by atoms with van der Waals surface area (Å²) < 4.78 is 5.93. The zero-order valence-electron chi connectivity index (χ0n) is 11.8. The molecule has 5 nitrogen and oxygen atoms in total. The molecule has 0 aliphatic rings.